The second kappa shape index (κ2) is 7.74. The van der Waals surface area contributed by atoms with Crippen LogP contribution in [0, 0.1) is 0 Å². The summed E-state index contributed by atoms with van der Waals surface area (Å²) in [5.41, 5.74) is 11.7. The van der Waals surface area contributed by atoms with Crippen molar-refractivity contribution in [3.8, 4) is 5.75 Å². The van der Waals surface area contributed by atoms with Gasteiger partial charge in [0, 0.05) is 6.08 Å². The van der Waals surface area contributed by atoms with Crippen molar-refractivity contribution in [1.29, 1.82) is 0 Å². The molecule has 0 bridgehead atoms. The molecule has 0 saturated carbocycles. The van der Waals surface area contributed by atoms with Gasteiger partial charge in [0.1, 0.15) is 5.75 Å². The predicted molar refractivity (Wildman–Crippen MR) is 85.1 cm³/mol. The highest BCUT2D eigenvalue weighted by Crippen LogP contribution is 2.13. The van der Waals surface area contributed by atoms with Crippen molar-refractivity contribution in [2.75, 3.05) is 18.1 Å². The standard InChI is InChI=1S/C15H17N5O3/c1-2-22-11-6-3-10(4-7-11)5-8-13(21)23-9-12-18-14(16)20-15(17)19-12/h3-8H,2,9H2,1H3,(H4,16,17,18,19,20)/b8-5+. The van der Waals surface area contributed by atoms with Crippen LogP contribution in [-0.2, 0) is 16.1 Å². The van der Waals surface area contributed by atoms with Crippen molar-refractivity contribution in [3.05, 3.63) is 41.7 Å². The van der Waals surface area contributed by atoms with E-state index in [0.29, 0.717) is 6.61 Å². The van der Waals surface area contributed by atoms with Crippen LogP contribution >= 0.6 is 0 Å². The van der Waals surface area contributed by atoms with Crippen LogP contribution in [0.3, 0.4) is 0 Å². The van der Waals surface area contributed by atoms with Crippen LogP contribution in [0.5, 0.6) is 5.75 Å². The molecule has 0 amide bonds. The summed E-state index contributed by atoms with van der Waals surface area (Å²) < 4.78 is 10.3. The summed E-state index contributed by atoms with van der Waals surface area (Å²) in [5.74, 6) is 0.397. The first kappa shape index (κ1) is 16.2. The fourth-order valence-electron chi connectivity index (χ4n) is 1.71. The normalized spacial score (nSPS) is 10.7. The number of esters is 1. The summed E-state index contributed by atoms with van der Waals surface area (Å²) in [6.07, 6.45) is 2.94. The zero-order valence-electron chi connectivity index (χ0n) is 12.6. The lowest BCUT2D eigenvalue weighted by molar-refractivity contribution is -0.139. The van der Waals surface area contributed by atoms with E-state index < -0.39 is 5.97 Å². The molecule has 8 heteroatoms. The molecular weight excluding hydrogens is 298 g/mol. The van der Waals surface area contributed by atoms with E-state index in [-0.39, 0.29) is 24.3 Å². The summed E-state index contributed by atoms with van der Waals surface area (Å²) in [4.78, 5) is 22.9. The van der Waals surface area contributed by atoms with E-state index >= 15 is 0 Å². The number of rotatable bonds is 6. The number of anilines is 2. The number of carbonyl (C=O) groups excluding carboxylic acids is 1. The van der Waals surface area contributed by atoms with Crippen LogP contribution in [0.4, 0.5) is 11.9 Å². The summed E-state index contributed by atoms with van der Waals surface area (Å²) in [5, 5.41) is 0. The molecule has 8 nitrogen and oxygen atoms in total. The molecule has 0 spiro atoms. The number of benzene rings is 1. The minimum atomic E-state index is -0.531. The quantitative estimate of drug-likeness (QED) is 0.601. The van der Waals surface area contributed by atoms with Gasteiger partial charge in [-0.2, -0.15) is 15.0 Å². The molecular formula is C15H17N5O3. The van der Waals surface area contributed by atoms with Gasteiger partial charge in [-0.15, -0.1) is 0 Å². The Hall–Kier alpha value is -3.16. The topological polar surface area (TPSA) is 126 Å². The Balaban J connectivity index is 1.88. The highest BCUT2D eigenvalue weighted by Gasteiger charge is 2.04. The molecule has 2 rings (SSSR count). The van der Waals surface area contributed by atoms with Gasteiger partial charge in [0.25, 0.3) is 0 Å². The van der Waals surface area contributed by atoms with Gasteiger partial charge in [0.05, 0.1) is 6.61 Å². The van der Waals surface area contributed by atoms with Crippen molar-refractivity contribution in [2.24, 2.45) is 0 Å². The number of carbonyl (C=O) groups is 1. The minimum absolute atomic E-state index is 0.0199. The number of hydrogen-bond donors (Lipinski definition) is 2. The van der Waals surface area contributed by atoms with Crippen molar-refractivity contribution >= 4 is 23.9 Å². The third-order valence-electron chi connectivity index (χ3n) is 2.66. The highest BCUT2D eigenvalue weighted by atomic mass is 16.5. The van der Waals surface area contributed by atoms with Crippen molar-refractivity contribution < 1.29 is 14.3 Å². The molecule has 1 heterocycles. The molecule has 0 aliphatic rings. The van der Waals surface area contributed by atoms with Crippen LogP contribution in [0.15, 0.2) is 30.3 Å². The van der Waals surface area contributed by atoms with Gasteiger partial charge < -0.3 is 20.9 Å². The predicted octanol–water partition coefficient (Wildman–Crippen LogP) is 1.19. The monoisotopic (exact) mass is 315 g/mol. The van der Waals surface area contributed by atoms with Crippen molar-refractivity contribution in [3.63, 3.8) is 0 Å². The van der Waals surface area contributed by atoms with Gasteiger partial charge in [-0.1, -0.05) is 12.1 Å². The molecule has 2 aromatic rings. The molecule has 0 aliphatic heterocycles. The molecule has 0 saturated heterocycles. The van der Waals surface area contributed by atoms with Gasteiger partial charge in [0.15, 0.2) is 12.4 Å². The molecule has 1 aromatic carbocycles. The third kappa shape index (κ3) is 5.27. The molecule has 23 heavy (non-hydrogen) atoms. The van der Waals surface area contributed by atoms with Gasteiger partial charge in [-0.05, 0) is 30.7 Å². The first-order valence-electron chi connectivity index (χ1n) is 6.90. The van der Waals surface area contributed by atoms with Crippen LogP contribution < -0.4 is 16.2 Å². The Labute approximate surface area is 133 Å². The molecule has 1 aromatic heterocycles. The molecule has 0 atom stereocenters. The molecule has 120 valence electrons. The van der Waals surface area contributed by atoms with Gasteiger partial charge in [-0.3, -0.25) is 0 Å². The van der Waals surface area contributed by atoms with E-state index in [1.165, 1.54) is 6.08 Å². The zero-order valence-corrected chi connectivity index (χ0v) is 12.6. The van der Waals surface area contributed by atoms with Gasteiger partial charge in [0.2, 0.25) is 11.9 Å². The second-order valence-corrected chi connectivity index (χ2v) is 4.41. The number of nitrogens with zero attached hydrogens (tertiary/aromatic N) is 3. The van der Waals surface area contributed by atoms with Gasteiger partial charge >= 0.3 is 5.97 Å². The maximum Gasteiger partial charge on any atom is 0.331 e. The third-order valence-corrected chi connectivity index (χ3v) is 2.66. The number of ether oxygens (including phenoxy) is 2. The number of aromatic nitrogens is 3. The highest BCUT2D eigenvalue weighted by molar-refractivity contribution is 5.87. The molecule has 4 N–H and O–H groups in total. The average Bonchev–Trinajstić information content (AvgIpc) is 2.52. The maximum atomic E-state index is 11.7. The molecule has 0 radical (unpaired) electrons. The fraction of sp³-hybridized carbons (Fsp3) is 0.200. The largest absolute Gasteiger partial charge is 0.494 e. The molecule has 0 aliphatic carbocycles. The number of nitrogen functional groups attached to an aromatic ring is 2. The first-order chi connectivity index (χ1) is 11.1. The zero-order chi connectivity index (χ0) is 16.7. The van der Waals surface area contributed by atoms with E-state index in [2.05, 4.69) is 15.0 Å². The fourth-order valence-corrected chi connectivity index (χ4v) is 1.71. The summed E-state index contributed by atoms with van der Waals surface area (Å²) in [7, 11) is 0. The van der Waals surface area contributed by atoms with E-state index in [4.69, 9.17) is 20.9 Å². The second-order valence-electron chi connectivity index (χ2n) is 4.41. The summed E-state index contributed by atoms with van der Waals surface area (Å²) in [6.45, 7) is 2.38. The Bertz CT molecular complexity index is 681. The molecule has 0 fully saturated rings. The minimum Gasteiger partial charge on any atom is -0.494 e. The van der Waals surface area contributed by atoms with Crippen LogP contribution in [-0.4, -0.2) is 27.5 Å². The van der Waals surface area contributed by atoms with Crippen LogP contribution in [0.2, 0.25) is 0 Å². The number of nitrogens with two attached hydrogens (primary N) is 2. The van der Waals surface area contributed by atoms with E-state index in [0.717, 1.165) is 11.3 Å². The maximum absolute atomic E-state index is 11.7. The number of hydrogen-bond acceptors (Lipinski definition) is 8. The van der Waals surface area contributed by atoms with Crippen molar-refractivity contribution in [2.45, 2.75) is 13.5 Å². The van der Waals surface area contributed by atoms with Crippen LogP contribution in [0.1, 0.15) is 18.3 Å². The lowest BCUT2D eigenvalue weighted by Crippen LogP contribution is -2.09. The Morgan fingerprint density at radius 1 is 1.13 bits per heavy atom. The molecule has 0 unspecified atom stereocenters. The summed E-state index contributed by atoms with van der Waals surface area (Å²) >= 11 is 0. The Morgan fingerprint density at radius 2 is 1.78 bits per heavy atom. The van der Waals surface area contributed by atoms with E-state index in [1.807, 2.05) is 31.2 Å². The Kier molecular flexibility index (Phi) is 5.45. The lowest BCUT2D eigenvalue weighted by Gasteiger charge is -2.03. The van der Waals surface area contributed by atoms with Crippen LogP contribution in [0.25, 0.3) is 6.08 Å². The van der Waals surface area contributed by atoms with Gasteiger partial charge in [-0.25, -0.2) is 4.79 Å². The SMILES string of the molecule is CCOc1ccc(/C=C/C(=O)OCc2nc(N)nc(N)n2)cc1. The lowest BCUT2D eigenvalue weighted by atomic mass is 10.2. The first-order valence-corrected chi connectivity index (χ1v) is 6.90. The van der Waals surface area contributed by atoms with Crippen molar-refractivity contribution in [1.82, 2.24) is 15.0 Å². The summed E-state index contributed by atoms with van der Waals surface area (Å²) in [6, 6.07) is 7.32. The average molecular weight is 315 g/mol. The van der Waals surface area contributed by atoms with E-state index in [1.54, 1.807) is 6.08 Å². The van der Waals surface area contributed by atoms with E-state index in [9.17, 15) is 4.79 Å². The Morgan fingerprint density at radius 3 is 2.39 bits per heavy atom. The smallest absolute Gasteiger partial charge is 0.331 e.